The van der Waals surface area contributed by atoms with E-state index in [9.17, 15) is 9.18 Å². The van der Waals surface area contributed by atoms with Crippen LogP contribution in [0.15, 0.2) is 16.6 Å². The Labute approximate surface area is 130 Å². The number of carbonyl (C=O) groups excluding carboxylic acids is 1. The molecule has 0 spiro atoms. The SMILES string of the molecule is CN(CC(=O)NC1CC1)c1ccc(C(N)=S)c(Br)c1F. The smallest absolute Gasteiger partial charge is 0.239 e. The van der Waals surface area contributed by atoms with Gasteiger partial charge in [-0.05, 0) is 40.9 Å². The van der Waals surface area contributed by atoms with Gasteiger partial charge in [-0.3, -0.25) is 4.79 Å². The summed E-state index contributed by atoms with van der Waals surface area (Å²) in [5.74, 6) is -0.582. The number of halogens is 2. The van der Waals surface area contributed by atoms with Gasteiger partial charge in [0, 0.05) is 18.7 Å². The van der Waals surface area contributed by atoms with Crippen LogP contribution >= 0.6 is 28.1 Å². The molecule has 4 nitrogen and oxygen atoms in total. The Kier molecular flexibility index (Phi) is 4.59. The third-order valence-corrected chi connectivity index (χ3v) is 4.06. The molecule has 1 amide bonds. The zero-order valence-corrected chi connectivity index (χ0v) is 13.4. The molecule has 0 aromatic heterocycles. The van der Waals surface area contributed by atoms with Crippen LogP contribution in [0, 0.1) is 5.82 Å². The predicted molar refractivity (Wildman–Crippen MR) is 84.4 cm³/mol. The van der Waals surface area contributed by atoms with E-state index in [-0.39, 0.29) is 21.9 Å². The Morgan fingerprint density at radius 2 is 2.25 bits per heavy atom. The molecule has 3 N–H and O–H groups in total. The van der Waals surface area contributed by atoms with E-state index in [4.69, 9.17) is 18.0 Å². The summed E-state index contributed by atoms with van der Waals surface area (Å²) in [5, 5.41) is 2.86. The third-order valence-electron chi connectivity index (χ3n) is 3.06. The molecule has 0 radical (unpaired) electrons. The lowest BCUT2D eigenvalue weighted by Crippen LogP contribution is -2.36. The van der Waals surface area contributed by atoms with Crippen molar-refractivity contribution in [2.24, 2.45) is 5.73 Å². The summed E-state index contributed by atoms with van der Waals surface area (Å²) in [6.07, 6.45) is 2.05. The van der Waals surface area contributed by atoms with Crippen molar-refractivity contribution in [2.75, 3.05) is 18.5 Å². The maximum atomic E-state index is 14.3. The van der Waals surface area contributed by atoms with E-state index in [0.29, 0.717) is 17.3 Å². The standard InChI is InChI=1S/C13H15BrFN3OS/c1-18(6-10(19)17-7-2-3-7)9-5-4-8(13(16)20)11(14)12(9)15/h4-5,7H,2-3,6H2,1H3,(H2,16,20)(H,17,19). The maximum Gasteiger partial charge on any atom is 0.239 e. The first kappa shape index (κ1) is 15.2. The van der Waals surface area contributed by atoms with E-state index in [1.807, 2.05) is 0 Å². The minimum absolute atomic E-state index is 0.103. The number of carbonyl (C=O) groups is 1. The molecule has 0 heterocycles. The van der Waals surface area contributed by atoms with Crippen LogP contribution in [0.25, 0.3) is 0 Å². The van der Waals surface area contributed by atoms with Crippen molar-refractivity contribution in [1.29, 1.82) is 0 Å². The fraction of sp³-hybridized carbons (Fsp3) is 0.385. The summed E-state index contributed by atoms with van der Waals surface area (Å²) in [7, 11) is 1.66. The Balaban J connectivity index is 2.12. The molecule has 1 aromatic rings. The normalized spacial score (nSPS) is 13.9. The average molecular weight is 360 g/mol. The van der Waals surface area contributed by atoms with E-state index < -0.39 is 5.82 Å². The average Bonchev–Trinajstić information content (AvgIpc) is 3.15. The third kappa shape index (κ3) is 3.46. The number of likely N-dealkylation sites (N-methyl/N-ethyl adjacent to an activating group) is 1. The second-order valence-corrected chi connectivity index (χ2v) is 6.06. The molecule has 0 aliphatic heterocycles. The van der Waals surface area contributed by atoms with Crippen LogP contribution in [-0.4, -0.2) is 30.5 Å². The summed E-state index contributed by atoms with van der Waals surface area (Å²) in [6.45, 7) is 0.103. The lowest BCUT2D eigenvalue weighted by molar-refractivity contribution is -0.119. The molecule has 1 saturated carbocycles. The van der Waals surface area contributed by atoms with Crippen molar-refractivity contribution in [3.05, 3.63) is 28.0 Å². The van der Waals surface area contributed by atoms with Crippen molar-refractivity contribution < 1.29 is 9.18 Å². The molecular formula is C13H15BrFN3OS. The number of nitrogens with two attached hydrogens (primary N) is 1. The van der Waals surface area contributed by atoms with Crippen LogP contribution in [0.1, 0.15) is 18.4 Å². The van der Waals surface area contributed by atoms with Crippen LogP contribution < -0.4 is 16.0 Å². The fourth-order valence-electron chi connectivity index (χ4n) is 1.83. The highest BCUT2D eigenvalue weighted by molar-refractivity contribution is 9.10. The zero-order chi connectivity index (χ0) is 14.9. The van der Waals surface area contributed by atoms with Crippen molar-refractivity contribution >= 4 is 44.7 Å². The molecule has 0 atom stereocenters. The van der Waals surface area contributed by atoms with Gasteiger partial charge in [-0.25, -0.2) is 4.39 Å². The second kappa shape index (κ2) is 6.05. The molecule has 2 rings (SSSR count). The minimum Gasteiger partial charge on any atom is -0.389 e. The van der Waals surface area contributed by atoms with Gasteiger partial charge in [0.25, 0.3) is 0 Å². The largest absolute Gasteiger partial charge is 0.389 e. The lowest BCUT2D eigenvalue weighted by atomic mass is 10.2. The van der Waals surface area contributed by atoms with Crippen LogP contribution in [-0.2, 0) is 4.79 Å². The van der Waals surface area contributed by atoms with Crippen LogP contribution in [0.4, 0.5) is 10.1 Å². The molecule has 1 aliphatic rings. The van der Waals surface area contributed by atoms with Crippen LogP contribution in [0.3, 0.4) is 0 Å². The molecule has 108 valence electrons. The van der Waals surface area contributed by atoms with Crippen molar-refractivity contribution in [3.8, 4) is 0 Å². The summed E-state index contributed by atoms with van der Waals surface area (Å²) < 4.78 is 14.5. The summed E-state index contributed by atoms with van der Waals surface area (Å²) in [6, 6.07) is 3.50. The molecule has 7 heteroatoms. The molecule has 0 unspecified atom stereocenters. The lowest BCUT2D eigenvalue weighted by Gasteiger charge is -2.20. The van der Waals surface area contributed by atoms with Gasteiger partial charge in [-0.2, -0.15) is 0 Å². The summed E-state index contributed by atoms with van der Waals surface area (Å²) in [4.78, 5) is 13.4. The molecule has 1 aromatic carbocycles. The van der Waals surface area contributed by atoms with Gasteiger partial charge in [0.2, 0.25) is 5.91 Å². The molecule has 1 fully saturated rings. The first-order chi connectivity index (χ1) is 9.40. The van der Waals surface area contributed by atoms with Gasteiger partial charge < -0.3 is 16.0 Å². The van der Waals surface area contributed by atoms with E-state index in [0.717, 1.165) is 12.8 Å². The van der Waals surface area contributed by atoms with E-state index in [1.54, 1.807) is 24.1 Å². The highest BCUT2D eigenvalue weighted by atomic mass is 79.9. The summed E-state index contributed by atoms with van der Waals surface area (Å²) in [5.41, 5.74) is 6.27. The van der Waals surface area contributed by atoms with Gasteiger partial charge in [-0.1, -0.05) is 12.2 Å². The van der Waals surface area contributed by atoms with Gasteiger partial charge in [-0.15, -0.1) is 0 Å². The van der Waals surface area contributed by atoms with Crippen molar-refractivity contribution in [3.63, 3.8) is 0 Å². The quantitative estimate of drug-likeness (QED) is 0.788. The fourth-order valence-corrected chi connectivity index (χ4v) is 2.68. The Bertz CT molecular complexity index is 563. The molecule has 1 aliphatic carbocycles. The van der Waals surface area contributed by atoms with Crippen LogP contribution in [0.5, 0.6) is 0 Å². The van der Waals surface area contributed by atoms with Crippen molar-refractivity contribution in [2.45, 2.75) is 18.9 Å². The topological polar surface area (TPSA) is 58.4 Å². The number of thiocarbonyl (C=S) groups is 1. The highest BCUT2D eigenvalue weighted by Crippen LogP contribution is 2.29. The van der Waals surface area contributed by atoms with Crippen molar-refractivity contribution in [1.82, 2.24) is 5.32 Å². The number of nitrogens with zero attached hydrogens (tertiary/aromatic N) is 1. The first-order valence-corrected chi connectivity index (χ1v) is 7.38. The predicted octanol–water partition coefficient (Wildman–Crippen LogP) is 1.94. The van der Waals surface area contributed by atoms with E-state index >= 15 is 0 Å². The Morgan fingerprint density at radius 3 is 2.80 bits per heavy atom. The van der Waals surface area contributed by atoms with Crippen LogP contribution in [0.2, 0.25) is 0 Å². The second-order valence-electron chi connectivity index (χ2n) is 4.82. The number of hydrogen-bond acceptors (Lipinski definition) is 3. The number of amides is 1. The number of nitrogens with one attached hydrogen (secondary N) is 1. The van der Waals surface area contributed by atoms with E-state index in [2.05, 4.69) is 21.2 Å². The first-order valence-electron chi connectivity index (χ1n) is 6.18. The summed E-state index contributed by atoms with van der Waals surface area (Å²) >= 11 is 7.99. The van der Waals surface area contributed by atoms with Gasteiger partial charge in [0.1, 0.15) is 4.99 Å². The molecule has 0 saturated heterocycles. The number of hydrogen-bond donors (Lipinski definition) is 2. The maximum absolute atomic E-state index is 14.3. The van der Waals surface area contributed by atoms with E-state index in [1.165, 1.54) is 0 Å². The van der Waals surface area contributed by atoms with Gasteiger partial charge >= 0.3 is 0 Å². The highest BCUT2D eigenvalue weighted by Gasteiger charge is 2.24. The van der Waals surface area contributed by atoms with Gasteiger partial charge in [0.05, 0.1) is 16.7 Å². The Hall–Kier alpha value is -1.21. The minimum atomic E-state index is -0.475. The monoisotopic (exact) mass is 359 g/mol. The Morgan fingerprint density at radius 1 is 1.60 bits per heavy atom. The molecular weight excluding hydrogens is 345 g/mol. The number of benzene rings is 1. The molecule has 0 bridgehead atoms. The number of anilines is 1. The zero-order valence-electron chi connectivity index (χ0n) is 11.0. The van der Waals surface area contributed by atoms with Gasteiger partial charge in [0.15, 0.2) is 5.82 Å². The molecule has 20 heavy (non-hydrogen) atoms. The number of rotatable bonds is 5.